The lowest BCUT2D eigenvalue weighted by Gasteiger charge is -2.28. The number of halogens is 1. The molecule has 4 aromatic rings. The first-order chi connectivity index (χ1) is 15.0. The van der Waals surface area contributed by atoms with Crippen molar-refractivity contribution in [2.45, 2.75) is 45.3 Å². The molecule has 1 N–H and O–H groups in total. The van der Waals surface area contributed by atoms with E-state index in [9.17, 15) is 4.79 Å². The molecule has 0 aliphatic heterocycles. The fraction of sp³-hybridized carbons (Fsp3) is 0.280. The van der Waals surface area contributed by atoms with Crippen molar-refractivity contribution >= 4 is 32.3 Å². The smallest absolute Gasteiger partial charge is 0.260 e. The summed E-state index contributed by atoms with van der Waals surface area (Å²) in [5.74, 6) is 0.399. The van der Waals surface area contributed by atoms with E-state index >= 15 is 0 Å². The lowest BCUT2D eigenvalue weighted by Crippen LogP contribution is -2.27. The molecule has 5 nitrogen and oxygen atoms in total. The van der Waals surface area contributed by atoms with Crippen LogP contribution in [0.1, 0.15) is 40.3 Å². The van der Waals surface area contributed by atoms with Crippen LogP contribution in [0.4, 0.5) is 0 Å². The minimum atomic E-state index is -0.806. The molecule has 0 atom stereocenters. The van der Waals surface area contributed by atoms with Gasteiger partial charge in [0, 0.05) is 27.6 Å². The van der Waals surface area contributed by atoms with Crippen LogP contribution in [-0.4, -0.2) is 19.9 Å². The molecule has 0 aliphatic carbocycles. The second-order valence-electron chi connectivity index (χ2n) is 9.70. The van der Waals surface area contributed by atoms with E-state index in [1.165, 1.54) is 0 Å². The quantitative estimate of drug-likeness (QED) is 0.363. The first-order valence-corrected chi connectivity index (χ1v) is 12.2. The number of aromatic nitrogens is 2. The van der Waals surface area contributed by atoms with Crippen LogP contribution in [0.3, 0.4) is 0 Å². The van der Waals surface area contributed by atoms with Gasteiger partial charge in [0.15, 0.2) is 15.5 Å². The van der Waals surface area contributed by atoms with Crippen LogP contribution in [0.15, 0.2) is 63.9 Å². The van der Waals surface area contributed by atoms with Crippen LogP contribution in [-0.2, 0) is 10.0 Å². The molecule has 0 unspecified atom stereocenters. The minimum Gasteiger partial charge on any atom is -0.413 e. The zero-order chi connectivity index (χ0) is 23.1. The van der Waals surface area contributed by atoms with Gasteiger partial charge in [-0.2, -0.15) is 0 Å². The summed E-state index contributed by atoms with van der Waals surface area (Å²) in [4.78, 5) is 16.2. The van der Waals surface area contributed by atoms with Crippen molar-refractivity contribution in [3.05, 3.63) is 75.7 Å². The highest BCUT2D eigenvalue weighted by atomic mass is 35.5. The number of benzene rings is 2. The predicted molar refractivity (Wildman–Crippen MR) is 133 cm³/mol. The summed E-state index contributed by atoms with van der Waals surface area (Å²) >= 11 is 6.31. The van der Waals surface area contributed by atoms with Crippen LogP contribution in [0.5, 0.6) is 0 Å². The normalized spacial score (nSPS) is 12.8. The molecule has 0 saturated heterocycles. The Balaban J connectivity index is 1.89. The third-order valence-corrected chi connectivity index (χ3v) is 7.25. The van der Waals surface area contributed by atoms with E-state index in [1.807, 2.05) is 62.4 Å². The maximum atomic E-state index is 13.2. The molecule has 0 saturated carbocycles. The third-order valence-electron chi connectivity index (χ3n) is 5.28. The molecular formula is C25H27ClN2O3Si. The molecular weight excluding hydrogens is 440 g/mol. The number of aromatic amines is 1. The Morgan fingerprint density at radius 1 is 1.00 bits per heavy atom. The number of fused-ring (bicyclic) bond motifs is 1. The van der Waals surface area contributed by atoms with Crippen molar-refractivity contribution in [3.8, 4) is 22.5 Å². The van der Waals surface area contributed by atoms with Crippen LogP contribution >= 0.6 is 11.6 Å². The van der Waals surface area contributed by atoms with E-state index < -0.39 is 15.4 Å². The molecule has 2 aromatic heterocycles. The molecule has 166 valence electrons. The number of hydrogen-bond acceptors (Lipinski definition) is 4. The zero-order valence-corrected chi connectivity index (χ0v) is 21.1. The van der Waals surface area contributed by atoms with Gasteiger partial charge in [-0.1, -0.05) is 67.9 Å². The Kier molecular flexibility index (Phi) is 5.88. The molecule has 0 amide bonds. The number of nitrogens with one attached hydrogen (secondary N) is 1. The standard InChI is InChI=1S/C25H27ClN2O3Si/c1-24(2,3)32-31-25(4,5)20-14-19(30-28-20)22-21(15-9-7-6-8-10-15)17-13-16(26)11-12-18(17)27-23(22)29/h6-14H,32H2,1-5H3,(H,27,29). The summed E-state index contributed by atoms with van der Waals surface area (Å²) in [6.07, 6.45) is 0. The molecule has 4 rings (SSSR count). The minimum absolute atomic E-state index is 0.152. The largest absolute Gasteiger partial charge is 0.413 e. The summed E-state index contributed by atoms with van der Waals surface area (Å²) in [5, 5.41) is 5.86. The number of hydrogen-bond donors (Lipinski definition) is 1. The van der Waals surface area contributed by atoms with Gasteiger partial charge in [-0.15, -0.1) is 0 Å². The van der Waals surface area contributed by atoms with Crippen molar-refractivity contribution in [1.82, 2.24) is 10.1 Å². The second-order valence-corrected chi connectivity index (χ2v) is 12.8. The van der Waals surface area contributed by atoms with Crippen molar-refractivity contribution in [2.75, 3.05) is 0 Å². The van der Waals surface area contributed by atoms with Crippen molar-refractivity contribution in [1.29, 1.82) is 0 Å². The van der Waals surface area contributed by atoms with Gasteiger partial charge in [-0.3, -0.25) is 4.79 Å². The number of pyridine rings is 1. The second kappa shape index (κ2) is 8.35. The van der Waals surface area contributed by atoms with Crippen molar-refractivity contribution < 1.29 is 8.95 Å². The van der Waals surface area contributed by atoms with Gasteiger partial charge < -0.3 is 13.9 Å². The summed E-state index contributed by atoms with van der Waals surface area (Å²) in [6.45, 7) is 10.5. The fourth-order valence-corrected chi connectivity index (χ4v) is 4.67. The van der Waals surface area contributed by atoms with E-state index in [1.54, 1.807) is 6.07 Å². The SMILES string of the molecule is CC(C)(C)[SiH2]OC(C)(C)c1cc(-c2c(-c3ccccc3)c3cc(Cl)ccc3[nH]c2=O)on1. The Bertz CT molecular complexity index is 1320. The maximum Gasteiger partial charge on any atom is 0.260 e. The van der Waals surface area contributed by atoms with Gasteiger partial charge in [0.25, 0.3) is 5.56 Å². The monoisotopic (exact) mass is 466 g/mol. The Hall–Kier alpha value is -2.67. The summed E-state index contributed by atoms with van der Waals surface area (Å²) in [6, 6.07) is 17.0. The maximum absolute atomic E-state index is 13.2. The molecule has 2 aromatic carbocycles. The van der Waals surface area contributed by atoms with Gasteiger partial charge in [0.05, 0.1) is 11.2 Å². The van der Waals surface area contributed by atoms with Crippen LogP contribution < -0.4 is 5.56 Å². The third kappa shape index (κ3) is 4.58. The molecule has 0 radical (unpaired) electrons. The highest BCUT2D eigenvalue weighted by Crippen LogP contribution is 2.38. The number of H-pyrrole nitrogens is 1. The Labute approximate surface area is 194 Å². The first-order valence-electron chi connectivity index (χ1n) is 10.6. The molecule has 0 fully saturated rings. The lowest BCUT2D eigenvalue weighted by atomic mass is 9.94. The Morgan fingerprint density at radius 3 is 2.41 bits per heavy atom. The first kappa shape index (κ1) is 22.5. The van der Waals surface area contributed by atoms with E-state index in [0.29, 0.717) is 27.6 Å². The molecule has 7 heteroatoms. The average Bonchev–Trinajstić information content (AvgIpc) is 3.23. The van der Waals surface area contributed by atoms with Gasteiger partial charge in [0.2, 0.25) is 0 Å². The molecule has 32 heavy (non-hydrogen) atoms. The van der Waals surface area contributed by atoms with Crippen LogP contribution in [0.25, 0.3) is 33.4 Å². The average molecular weight is 467 g/mol. The topological polar surface area (TPSA) is 68.1 Å². The van der Waals surface area contributed by atoms with Gasteiger partial charge in [0.1, 0.15) is 5.69 Å². The summed E-state index contributed by atoms with van der Waals surface area (Å²) in [5.41, 5.74) is 2.60. The summed E-state index contributed by atoms with van der Waals surface area (Å²) < 4.78 is 12.0. The highest BCUT2D eigenvalue weighted by Gasteiger charge is 2.29. The fourth-order valence-electron chi connectivity index (χ4n) is 3.55. The number of rotatable bonds is 5. The van der Waals surface area contributed by atoms with Crippen molar-refractivity contribution in [3.63, 3.8) is 0 Å². The predicted octanol–water partition coefficient (Wildman–Crippen LogP) is 6.06. The zero-order valence-electron chi connectivity index (χ0n) is 19.0. The van der Waals surface area contributed by atoms with Crippen molar-refractivity contribution in [2.24, 2.45) is 0 Å². The molecule has 0 bridgehead atoms. The van der Waals surface area contributed by atoms with Gasteiger partial charge in [-0.25, -0.2) is 0 Å². The molecule has 0 spiro atoms. The highest BCUT2D eigenvalue weighted by molar-refractivity contribution is 6.32. The van der Waals surface area contributed by atoms with E-state index in [4.69, 9.17) is 20.6 Å². The lowest BCUT2D eigenvalue weighted by molar-refractivity contribution is 0.100. The number of nitrogens with zero attached hydrogens (tertiary/aromatic N) is 1. The molecule has 0 aliphatic rings. The van der Waals surface area contributed by atoms with Crippen LogP contribution in [0, 0.1) is 0 Å². The van der Waals surface area contributed by atoms with Gasteiger partial charge in [-0.05, 0) is 42.6 Å². The summed E-state index contributed by atoms with van der Waals surface area (Å²) in [7, 11) is -0.806. The Morgan fingerprint density at radius 2 is 1.72 bits per heavy atom. The van der Waals surface area contributed by atoms with E-state index in [0.717, 1.165) is 16.5 Å². The van der Waals surface area contributed by atoms with Gasteiger partial charge >= 0.3 is 0 Å². The molecule has 2 heterocycles. The van der Waals surface area contributed by atoms with Crippen LogP contribution in [0.2, 0.25) is 10.1 Å². The van der Waals surface area contributed by atoms with E-state index in [2.05, 4.69) is 30.9 Å². The van der Waals surface area contributed by atoms with E-state index in [-0.39, 0.29) is 10.6 Å².